The van der Waals surface area contributed by atoms with Crippen molar-refractivity contribution in [3.8, 4) is 5.75 Å². The summed E-state index contributed by atoms with van der Waals surface area (Å²) in [7, 11) is 1.64. The minimum Gasteiger partial charge on any atom is -0.497 e. The summed E-state index contributed by atoms with van der Waals surface area (Å²) in [6.07, 6.45) is 3.72. The van der Waals surface area contributed by atoms with Crippen molar-refractivity contribution in [1.82, 2.24) is 0 Å². The van der Waals surface area contributed by atoms with Crippen molar-refractivity contribution < 1.29 is 14.3 Å². The van der Waals surface area contributed by atoms with Crippen LogP contribution in [0.15, 0.2) is 24.3 Å². The predicted molar refractivity (Wildman–Crippen MR) is 83.6 cm³/mol. The molecule has 0 amide bonds. The molecular formula is C17H25NO3. The van der Waals surface area contributed by atoms with Gasteiger partial charge in [0.15, 0.2) is 0 Å². The third kappa shape index (κ3) is 3.69. The van der Waals surface area contributed by atoms with Gasteiger partial charge in [-0.05, 0) is 62.8 Å². The highest BCUT2D eigenvalue weighted by Gasteiger charge is 2.42. The van der Waals surface area contributed by atoms with Crippen LogP contribution in [0, 0.1) is 5.92 Å². The van der Waals surface area contributed by atoms with E-state index in [-0.39, 0.29) is 5.97 Å². The number of esters is 1. The largest absolute Gasteiger partial charge is 0.497 e. The molecule has 1 aliphatic rings. The summed E-state index contributed by atoms with van der Waals surface area (Å²) in [5.41, 5.74) is 0.343. The Hall–Kier alpha value is -1.71. The maximum Gasteiger partial charge on any atom is 0.331 e. The Morgan fingerprint density at radius 2 is 1.90 bits per heavy atom. The van der Waals surface area contributed by atoms with Crippen LogP contribution in [0.3, 0.4) is 0 Å². The van der Waals surface area contributed by atoms with Crippen LogP contribution in [0.4, 0.5) is 5.69 Å². The summed E-state index contributed by atoms with van der Waals surface area (Å²) in [6.45, 7) is 4.51. The Bertz CT molecular complexity index is 461. The topological polar surface area (TPSA) is 47.6 Å². The molecule has 0 atom stereocenters. The number of nitrogens with one attached hydrogen (secondary N) is 1. The summed E-state index contributed by atoms with van der Waals surface area (Å²) in [5, 5.41) is 3.42. The molecule has 0 heterocycles. The first-order valence-corrected chi connectivity index (χ1v) is 7.69. The van der Waals surface area contributed by atoms with Crippen molar-refractivity contribution in [2.75, 3.05) is 19.0 Å². The van der Waals surface area contributed by atoms with Crippen molar-refractivity contribution in [1.29, 1.82) is 0 Å². The molecule has 0 saturated heterocycles. The van der Waals surface area contributed by atoms with E-state index in [9.17, 15) is 4.79 Å². The van der Waals surface area contributed by atoms with Gasteiger partial charge in [-0.25, -0.2) is 4.79 Å². The normalized spacial score (nSPS) is 25.2. The van der Waals surface area contributed by atoms with E-state index in [1.54, 1.807) is 7.11 Å². The molecule has 21 heavy (non-hydrogen) atoms. The number of rotatable bonds is 5. The highest BCUT2D eigenvalue weighted by atomic mass is 16.5. The first-order valence-electron chi connectivity index (χ1n) is 7.69. The Morgan fingerprint density at radius 1 is 1.29 bits per heavy atom. The van der Waals surface area contributed by atoms with E-state index < -0.39 is 5.54 Å². The Labute approximate surface area is 126 Å². The van der Waals surface area contributed by atoms with Gasteiger partial charge in [-0.2, -0.15) is 0 Å². The number of hydrogen-bond acceptors (Lipinski definition) is 4. The summed E-state index contributed by atoms with van der Waals surface area (Å²) in [4.78, 5) is 12.4. The number of benzene rings is 1. The summed E-state index contributed by atoms with van der Waals surface area (Å²) in [5.74, 6) is 1.35. The van der Waals surface area contributed by atoms with Gasteiger partial charge < -0.3 is 14.8 Å². The second-order valence-corrected chi connectivity index (χ2v) is 5.84. The second kappa shape index (κ2) is 6.83. The van der Waals surface area contributed by atoms with Gasteiger partial charge in [-0.1, -0.05) is 6.92 Å². The van der Waals surface area contributed by atoms with E-state index in [0.29, 0.717) is 12.5 Å². The van der Waals surface area contributed by atoms with Crippen LogP contribution in [0.1, 0.15) is 39.5 Å². The first-order chi connectivity index (χ1) is 10.1. The molecule has 4 nitrogen and oxygen atoms in total. The van der Waals surface area contributed by atoms with Crippen molar-refractivity contribution in [3.05, 3.63) is 24.3 Å². The molecule has 0 spiro atoms. The summed E-state index contributed by atoms with van der Waals surface area (Å²) in [6, 6.07) is 7.68. The molecule has 1 aromatic rings. The molecule has 116 valence electrons. The molecule has 1 saturated carbocycles. The van der Waals surface area contributed by atoms with Crippen LogP contribution >= 0.6 is 0 Å². The molecule has 1 fully saturated rings. The van der Waals surface area contributed by atoms with Gasteiger partial charge in [0.2, 0.25) is 0 Å². The van der Waals surface area contributed by atoms with E-state index in [2.05, 4.69) is 12.2 Å². The number of methoxy groups -OCH3 is 1. The molecule has 0 radical (unpaired) electrons. The van der Waals surface area contributed by atoms with E-state index in [1.165, 1.54) is 0 Å². The molecular weight excluding hydrogens is 266 g/mol. The maximum atomic E-state index is 12.4. The predicted octanol–water partition coefficient (Wildman–Crippen LogP) is 3.62. The van der Waals surface area contributed by atoms with Gasteiger partial charge in [-0.15, -0.1) is 0 Å². The van der Waals surface area contributed by atoms with Gasteiger partial charge in [-0.3, -0.25) is 0 Å². The lowest BCUT2D eigenvalue weighted by molar-refractivity contribution is -0.150. The van der Waals surface area contributed by atoms with Crippen LogP contribution in [0.2, 0.25) is 0 Å². The standard InChI is InChI=1S/C17H25NO3/c1-4-21-16(19)17(11-9-13(2)10-12-17)18-14-5-7-15(20-3)8-6-14/h5-8,13,18H,4,9-12H2,1-3H3. The molecule has 0 aromatic heterocycles. The fourth-order valence-electron chi connectivity index (χ4n) is 2.85. The van der Waals surface area contributed by atoms with Gasteiger partial charge in [0, 0.05) is 5.69 Å². The number of ether oxygens (including phenoxy) is 2. The van der Waals surface area contributed by atoms with Gasteiger partial charge in [0.1, 0.15) is 11.3 Å². The molecule has 4 heteroatoms. The quantitative estimate of drug-likeness (QED) is 0.842. The SMILES string of the molecule is CCOC(=O)C1(Nc2ccc(OC)cc2)CCC(C)CC1. The monoisotopic (exact) mass is 291 g/mol. The molecule has 1 aromatic carbocycles. The van der Waals surface area contributed by atoms with Crippen molar-refractivity contribution in [2.24, 2.45) is 5.92 Å². The van der Waals surface area contributed by atoms with E-state index in [1.807, 2.05) is 31.2 Å². The fraction of sp³-hybridized carbons (Fsp3) is 0.588. The van der Waals surface area contributed by atoms with Crippen LogP contribution in [-0.2, 0) is 9.53 Å². The number of anilines is 1. The van der Waals surface area contributed by atoms with Crippen molar-refractivity contribution >= 4 is 11.7 Å². The molecule has 1 N–H and O–H groups in total. The number of carbonyl (C=O) groups is 1. The molecule has 2 rings (SSSR count). The third-order valence-corrected chi connectivity index (χ3v) is 4.27. The van der Waals surface area contributed by atoms with Crippen LogP contribution in [0.5, 0.6) is 5.75 Å². The Balaban J connectivity index is 2.16. The smallest absolute Gasteiger partial charge is 0.331 e. The lowest BCUT2D eigenvalue weighted by Crippen LogP contribution is -2.50. The zero-order valence-electron chi connectivity index (χ0n) is 13.1. The fourth-order valence-corrected chi connectivity index (χ4v) is 2.85. The second-order valence-electron chi connectivity index (χ2n) is 5.84. The zero-order valence-corrected chi connectivity index (χ0v) is 13.1. The molecule has 0 aliphatic heterocycles. The number of carbonyl (C=O) groups excluding carboxylic acids is 1. The first kappa shape index (κ1) is 15.7. The molecule has 0 bridgehead atoms. The third-order valence-electron chi connectivity index (χ3n) is 4.27. The van der Waals surface area contributed by atoms with Gasteiger partial charge in [0.05, 0.1) is 13.7 Å². The van der Waals surface area contributed by atoms with Crippen molar-refractivity contribution in [3.63, 3.8) is 0 Å². The molecule has 0 unspecified atom stereocenters. The highest BCUT2D eigenvalue weighted by molar-refractivity contribution is 5.84. The Kier molecular flexibility index (Phi) is 5.10. The maximum absolute atomic E-state index is 12.4. The van der Waals surface area contributed by atoms with Crippen LogP contribution in [-0.4, -0.2) is 25.2 Å². The average molecular weight is 291 g/mol. The minimum atomic E-state index is -0.586. The van der Waals surface area contributed by atoms with Crippen LogP contribution in [0.25, 0.3) is 0 Å². The van der Waals surface area contributed by atoms with E-state index >= 15 is 0 Å². The van der Waals surface area contributed by atoms with Crippen molar-refractivity contribution in [2.45, 2.75) is 45.1 Å². The van der Waals surface area contributed by atoms with Gasteiger partial charge >= 0.3 is 5.97 Å². The average Bonchev–Trinajstić information content (AvgIpc) is 2.51. The number of hydrogen-bond donors (Lipinski definition) is 1. The lowest BCUT2D eigenvalue weighted by atomic mass is 9.77. The van der Waals surface area contributed by atoms with Crippen LogP contribution < -0.4 is 10.1 Å². The minimum absolute atomic E-state index is 0.132. The van der Waals surface area contributed by atoms with Gasteiger partial charge in [0.25, 0.3) is 0 Å². The Morgan fingerprint density at radius 3 is 2.43 bits per heavy atom. The highest BCUT2D eigenvalue weighted by Crippen LogP contribution is 2.36. The summed E-state index contributed by atoms with van der Waals surface area (Å²) >= 11 is 0. The lowest BCUT2D eigenvalue weighted by Gasteiger charge is -2.38. The zero-order chi connectivity index (χ0) is 15.3. The van der Waals surface area contributed by atoms with E-state index in [0.717, 1.165) is 37.1 Å². The van der Waals surface area contributed by atoms with E-state index in [4.69, 9.17) is 9.47 Å². The molecule has 1 aliphatic carbocycles. The summed E-state index contributed by atoms with van der Waals surface area (Å²) < 4.78 is 10.5.